The third-order valence-corrected chi connectivity index (χ3v) is 5.65. The molecular weight excluding hydrogens is 344 g/mol. The van der Waals surface area contributed by atoms with Gasteiger partial charge < -0.3 is 10.1 Å². The zero-order valence-corrected chi connectivity index (χ0v) is 16.3. The molecule has 0 unspecified atom stereocenters. The lowest BCUT2D eigenvalue weighted by molar-refractivity contribution is -0.122. The Labute approximate surface area is 160 Å². The molecule has 26 heavy (non-hydrogen) atoms. The molecule has 1 fully saturated rings. The summed E-state index contributed by atoms with van der Waals surface area (Å²) >= 11 is 1.74. The minimum atomic E-state index is 0.0909. The number of carbonyl (C=O) groups excluding carboxylic acids is 1. The van der Waals surface area contributed by atoms with Crippen molar-refractivity contribution in [2.24, 2.45) is 0 Å². The highest BCUT2D eigenvalue weighted by atomic mass is 32.1. The van der Waals surface area contributed by atoms with E-state index in [-0.39, 0.29) is 12.0 Å². The first kappa shape index (κ1) is 19.1. The van der Waals surface area contributed by atoms with Gasteiger partial charge in [0.1, 0.15) is 0 Å². The molecule has 1 atom stereocenters. The number of nitrogens with zero attached hydrogens (tertiary/aromatic N) is 1. The molecule has 2 aromatic rings. The molecule has 0 spiro atoms. The Morgan fingerprint density at radius 1 is 1.31 bits per heavy atom. The Bertz CT molecular complexity index is 681. The Morgan fingerprint density at radius 3 is 2.92 bits per heavy atom. The maximum Gasteiger partial charge on any atom is 0.234 e. The van der Waals surface area contributed by atoms with Gasteiger partial charge in [-0.2, -0.15) is 0 Å². The van der Waals surface area contributed by atoms with Gasteiger partial charge in [-0.1, -0.05) is 30.3 Å². The third kappa shape index (κ3) is 5.94. The number of carbonyl (C=O) groups is 1. The van der Waals surface area contributed by atoms with Crippen LogP contribution in [0.1, 0.15) is 28.8 Å². The molecule has 5 heteroatoms. The van der Waals surface area contributed by atoms with Gasteiger partial charge in [-0.3, -0.25) is 9.69 Å². The van der Waals surface area contributed by atoms with Crippen molar-refractivity contribution >= 4 is 17.2 Å². The standard InChI is InChI=1S/C21H28N2O2S/c1-17-6-2-3-7-18(17)10-11-22-21(24)16-23(14-19-8-4-12-25-19)15-20-9-5-13-26-20/h2-3,5-7,9,13,19H,4,8,10-12,14-16H2,1H3,(H,22,24)/t19-/m0/s1. The van der Waals surface area contributed by atoms with E-state index in [9.17, 15) is 4.79 Å². The van der Waals surface area contributed by atoms with E-state index in [1.54, 1.807) is 11.3 Å². The summed E-state index contributed by atoms with van der Waals surface area (Å²) in [5.41, 5.74) is 2.57. The first-order valence-corrected chi connectivity index (χ1v) is 10.3. The molecule has 140 valence electrons. The molecule has 1 aromatic carbocycles. The molecular formula is C21H28N2O2S. The zero-order chi connectivity index (χ0) is 18.2. The largest absolute Gasteiger partial charge is 0.377 e. The van der Waals surface area contributed by atoms with Crippen LogP contribution in [0.2, 0.25) is 0 Å². The lowest BCUT2D eigenvalue weighted by Crippen LogP contribution is -2.40. The van der Waals surface area contributed by atoms with Gasteiger partial charge >= 0.3 is 0 Å². The third-order valence-electron chi connectivity index (χ3n) is 4.79. The van der Waals surface area contributed by atoms with E-state index in [0.717, 1.165) is 39.0 Å². The Balaban J connectivity index is 1.48. The van der Waals surface area contributed by atoms with Crippen molar-refractivity contribution < 1.29 is 9.53 Å². The fourth-order valence-corrected chi connectivity index (χ4v) is 4.12. The highest BCUT2D eigenvalue weighted by molar-refractivity contribution is 7.09. The van der Waals surface area contributed by atoms with Gasteiger partial charge in [0.05, 0.1) is 12.6 Å². The lowest BCUT2D eigenvalue weighted by atomic mass is 10.1. The average molecular weight is 373 g/mol. The van der Waals surface area contributed by atoms with Crippen molar-refractivity contribution in [3.05, 3.63) is 57.8 Å². The monoisotopic (exact) mass is 372 g/mol. The second-order valence-corrected chi connectivity index (χ2v) is 7.94. The van der Waals surface area contributed by atoms with Crippen LogP contribution >= 0.6 is 11.3 Å². The second-order valence-electron chi connectivity index (χ2n) is 6.91. The second kappa shape index (κ2) is 9.86. The van der Waals surface area contributed by atoms with Gasteiger partial charge in [-0.15, -0.1) is 11.3 Å². The molecule has 0 radical (unpaired) electrons. The van der Waals surface area contributed by atoms with E-state index in [4.69, 9.17) is 4.74 Å². The number of benzene rings is 1. The zero-order valence-electron chi connectivity index (χ0n) is 15.4. The SMILES string of the molecule is Cc1ccccc1CCNC(=O)CN(Cc1cccs1)C[C@@H]1CCCO1. The van der Waals surface area contributed by atoms with Gasteiger partial charge in [0, 0.05) is 31.1 Å². The predicted octanol–water partition coefficient (Wildman–Crippen LogP) is 3.40. The van der Waals surface area contributed by atoms with E-state index in [0.29, 0.717) is 13.1 Å². The van der Waals surface area contributed by atoms with Crippen molar-refractivity contribution in [3.63, 3.8) is 0 Å². The predicted molar refractivity (Wildman–Crippen MR) is 106 cm³/mol. The van der Waals surface area contributed by atoms with E-state index < -0.39 is 0 Å². The van der Waals surface area contributed by atoms with Gasteiger partial charge in [-0.25, -0.2) is 0 Å². The van der Waals surface area contributed by atoms with Crippen LogP contribution in [0.25, 0.3) is 0 Å². The summed E-state index contributed by atoms with van der Waals surface area (Å²) in [7, 11) is 0. The molecule has 3 rings (SSSR count). The number of amides is 1. The number of rotatable bonds is 9. The van der Waals surface area contributed by atoms with E-state index in [1.165, 1.54) is 16.0 Å². The van der Waals surface area contributed by atoms with Crippen molar-refractivity contribution in [1.29, 1.82) is 0 Å². The smallest absolute Gasteiger partial charge is 0.234 e. The van der Waals surface area contributed by atoms with Gasteiger partial charge in [-0.05, 0) is 48.8 Å². The maximum absolute atomic E-state index is 12.4. The van der Waals surface area contributed by atoms with Crippen LogP contribution < -0.4 is 5.32 Å². The number of aryl methyl sites for hydroxylation is 1. The van der Waals surface area contributed by atoms with Crippen LogP contribution in [0, 0.1) is 6.92 Å². The summed E-state index contributed by atoms with van der Waals surface area (Å²) in [6.45, 7) is 5.69. The summed E-state index contributed by atoms with van der Waals surface area (Å²) in [5, 5.41) is 5.16. The van der Waals surface area contributed by atoms with Crippen LogP contribution in [0.15, 0.2) is 41.8 Å². The molecule has 1 aromatic heterocycles. The molecule has 0 bridgehead atoms. The highest BCUT2D eigenvalue weighted by Gasteiger charge is 2.21. The van der Waals surface area contributed by atoms with Crippen LogP contribution in [-0.4, -0.2) is 43.2 Å². The topological polar surface area (TPSA) is 41.6 Å². The number of nitrogens with one attached hydrogen (secondary N) is 1. The van der Waals surface area contributed by atoms with E-state index >= 15 is 0 Å². The number of hydrogen-bond donors (Lipinski definition) is 1. The van der Waals surface area contributed by atoms with Crippen molar-refractivity contribution in [1.82, 2.24) is 10.2 Å². The molecule has 1 saturated heterocycles. The Morgan fingerprint density at radius 2 is 2.19 bits per heavy atom. The minimum Gasteiger partial charge on any atom is -0.377 e. The summed E-state index contributed by atoms with van der Waals surface area (Å²) in [4.78, 5) is 15.9. The molecule has 0 aliphatic carbocycles. The van der Waals surface area contributed by atoms with Crippen molar-refractivity contribution in [3.8, 4) is 0 Å². The quantitative estimate of drug-likeness (QED) is 0.734. The summed E-state index contributed by atoms with van der Waals surface area (Å²) in [6.07, 6.45) is 3.35. The first-order chi connectivity index (χ1) is 12.7. The van der Waals surface area contributed by atoms with E-state index in [2.05, 4.69) is 52.9 Å². The summed E-state index contributed by atoms with van der Waals surface area (Å²) in [5.74, 6) is 0.0909. The highest BCUT2D eigenvalue weighted by Crippen LogP contribution is 2.17. The van der Waals surface area contributed by atoms with Gasteiger partial charge in [0.15, 0.2) is 0 Å². The van der Waals surface area contributed by atoms with Crippen molar-refractivity contribution in [2.75, 3.05) is 26.2 Å². The lowest BCUT2D eigenvalue weighted by Gasteiger charge is -2.24. The maximum atomic E-state index is 12.4. The molecule has 1 N–H and O–H groups in total. The fourth-order valence-electron chi connectivity index (χ4n) is 3.37. The van der Waals surface area contributed by atoms with Crippen LogP contribution in [0.4, 0.5) is 0 Å². The first-order valence-electron chi connectivity index (χ1n) is 9.38. The Kier molecular flexibility index (Phi) is 7.23. The van der Waals surface area contributed by atoms with Crippen LogP contribution in [0.5, 0.6) is 0 Å². The fraction of sp³-hybridized carbons (Fsp3) is 0.476. The molecule has 1 amide bonds. The molecule has 1 aliphatic heterocycles. The molecule has 1 aliphatic rings. The van der Waals surface area contributed by atoms with E-state index in [1.807, 2.05) is 6.07 Å². The number of ether oxygens (including phenoxy) is 1. The minimum absolute atomic E-state index is 0.0909. The summed E-state index contributed by atoms with van der Waals surface area (Å²) in [6, 6.07) is 12.5. The van der Waals surface area contributed by atoms with Gasteiger partial charge in [0.2, 0.25) is 5.91 Å². The molecule has 0 saturated carbocycles. The number of hydrogen-bond acceptors (Lipinski definition) is 4. The van der Waals surface area contributed by atoms with Crippen LogP contribution in [-0.2, 0) is 22.5 Å². The normalized spacial score (nSPS) is 16.9. The summed E-state index contributed by atoms with van der Waals surface area (Å²) < 4.78 is 5.77. The molecule has 4 nitrogen and oxygen atoms in total. The average Bonchev–Trinajstić information content (AvgIpc) is 3.30. The van der Waals surface area contributed by atoms with Gasteiger partial charge in [0.25, 0.3) is 0 Å². The number of thiophene rings is 1. The van der Waals surface area contributed by atoms with Crippen molar-refractivity contribution in [2.45, 2.75) is 38.8 Å². The molecule has 2 heterocycles. The van der Waals surface area contributed by atoms with Crippen LogP contribution in [0.3, 0.4) is 0 Å². The Hall–Kier alpha value is -1.69.